The Kier molecular flexibility index (Phi) is 22.3. The fourth-order valence-corrected chi connectivity index (χ4v) is 14.4. The number of benzene rings is 8. The van der Waals surface area contributed by atoms with Crippen LogP contribution in [0.15, 0.2) is 146 Å². The lowest BCUT2D eigenvalue weighted by Crippen LogP contribution is -2.42. The van der Waals surface area contributed by atoms with E-state index in [4.69, 9.17) is 23.1 Å². The first kappa shape index (κ1) is 74.9. The molecule has 0 saturated heterocycles. The van der Waals surface area contributed by atoms with Crippen LogP contribution in [0, 0.1) is 13.8 Å². The standard InChI is InChI=1S/C48H45N5O9.C17H14N2O3.C16H25NO5S/c1-27-16-33-35(49-45(55)39-20-30-10-5-7-12-37(30)52(39)47(33)57)23-41(27)61-25-28-17-29(19-32(18-28)51(2)15-9-14-44(54)60-4)26-62-43-24-36-34(22-42(43)59-3)48(58)53-38-13-8-6-11-31(38)21-40(53)46(56)50-36;1-9-6-11-12(8-15(9)20)18-16(21)14-7-10-4-2-3-5-13(10)19(14)17(11)22;1-5-13-9-14(12-22-23(4,19)20)11-15(10-13)17(2)8-6-7-16(18)21-3/h5-8,10-13,16-19,22-24,39-40H,9,14-15,20-21,25-26H2,1-4H3,(H,49,55)(H,50,56);2-6,8,14,20H,7H2,1H3,(H,18,21);9-11H,5-8,12H2,1-4H3/t39-,40-;14-;/m00./s1. The van der Waals surface area contributed by atoms with E-state index in [1.807, 2.05) is 141 Å². The SMILES string of the molecule is CCc1cc(COS(C)(=O)=O)cc(N(C)CCCC(=O)OC)c1.COC(=O)CCCN(C)c1cc(COc2cc3c(cc2C)C(=O)N2c4ccccc4C[C@H]2C(=O)N3)cc(COc2cc3c(cc2OC)C(=O)N2c4ccccc4C[C@H]2C(=O)N3)c1.Cc1cc2c(cc1O)NC(=O)[C@@H]1Cc3ccccc3N1C2=O. The molecule has 0 radical (unpaired) electrons. The number of aromatic hydroxyl groups is 1. The second-order valence-electron chi connectivity index (χ2n) is 27.1. The minimum atomic E-state index is -3.47. The second-order valence-corrected chi connectivity index (χ2v) is 28.7. The predicted molar refractivity (Wildman–Crippen MR) is 405 cm³/mol. The predicted octanol–water partition coefficient (Wildman–Crippen LogP) is 10.9. The van der Waals surface area contributed by atoms with E-state index in [9.17, 15) is 51.9 Å². The van der Waals surface area contributed by atoms with Crippen molar-refractivity contribution in [2.45, 2.75) is 110 Å². The van der Waals surface area contributed by atoms with Crippen LogP contribution in [0.1, 0.15) is 114 Å². The van der Waals surface area contributed by atoms with E-state index >= 15 is 0 Å². The highest BCUT2D eigenvalue weighted by atomic mass is 32.2. The number of fused-ring (bicyclic) bond motifs is 12. The number of carbonyl (C=O) groups excluding carboxylic acids is 8. The van der Waals surface area contributed by atoms with Crippen molar-refractivity contribution in [1.82, 2.24) is 0 Å². The molecule has 0 unspecified atom stereocenters. The zero-order valence-electron chi connectivity index (χ0n) is 60.9. The fraction of sp³-hybridized carbons (Fsp3) is 0.309. The van der Waals surface area contributed by atoms with Gasteiger partial charge in [0.15, 0.2) is 11.5 Å². The van der Waals surface area contributed by atoms with Gasteiger partial charge in [-0.15, -0.1) is 0 Å². The number of phenols is 1. The molecule has 0 saturated carbocycles. The van der Waals surface area contributed by atoms with Crippen LogP contribution < -0.4 is 54.7 Å². The number of nitrogens with zero attached hydrogens (tertiary/aromatic N) is 5. The summed E-state index contributed by atoms with van der Waals surface area (Å²) in [6.45, 7) is 7.14. The summed E-state index contributed by atoms with van der Waals surface area (Å²) in [5, 5.41) is 18.5. The summed E-state index contributed by atoms with van der Waals surface area (Å²) in [6, 6.07) is 42.4. The molecule has 0 aliphatic carbocycles. The molecule has 0 fully saturated rings. The molecule has 25 nitrogen and oxygen atoms in total. The first-order valence-electron chi connectivity index (χ1n) is 35.1. The minimum Gasteiger partial charge on any atom is -0.508 e. The van der Waals surface area contributed by atoms with Crippen molar-refractivity contribution in [1.29, 1.82) is 0 Å². The van der Waals surface area contributed by atoms with Crippen molar-refractivity contribution >= 4 is 103 Å². The molecule has 556 valence electrons. The summed E-state index contributed by atoms with van der Waals surface area (Å²) < 4.78 is 55.1. The van der Waals surface area contributed by atoms with Crippen LogP contribution in [0.4, 0.5) is 45.5 Å². The van der Waals surface area contributed by atoms with Crippen molar-refractivity contribution in [3.8, 4) is 23.0 Å². The van der Waals surface area contributed by atoms with Crippen molar-refractivity contribution in [2.24, 2.45) is 0 Å². The van der Waals surface area contributed by atoms with E-state index in [1.165, 1.54) is 27.4 Å². The third-order valence-electron chi connectivity index (χ3n) is 19.7. The van der Waals surface area contributed by atoms with Crippen LogP contribution in [-0.4, -0.2) is 134 Å². The summed E-state index contributed by atoms with van der Waals surface area (Å²) in [4.78, 5) is 112. The maximum atomic E-state index is 14.0. The number of amides is 6. The number of ether oxygens (including phenoxy) is 5. The summed E-state index contributed by atoms with van der Waals surface area (Å²) in [5.74, 6) is -0.838. The topological polar surface area (TPSA) is 299 Å². The maximum absolute atomic E-state index is 14.0. The molecule has 6 aliphatic heterocycles. The molecular formula is C81H84N8O17S. The normalized spacial score (nSPS) is 16.2. The molecule has 0 bridgehead atoms. The first-order chi connectivity index (χ1) is 51.3. The van der Waals surface area contributed by atoms with Gasteiger partial charge in [-0.25, -0.2) is 0 Å². The van der Waals surface area contributed by atoms with Crippen LogP contribution in [0.5, 0.6) is 23.0 Å². The van der Waals surface area contributed by atoms with Crippen LogP contribution in [0.2, 0.25) is 0 Å². The smallest absolute Gasteiger partial charge is 0.305 e. The summed E-state index contributed by atoms with van der Waals surface area (Å²) in [5.41, 5.74) is 13.9. The van der Waals surface area contributed by atoms with E-state index in [0.29, 0.717) is 114 Å². The number of nitrogens with one attached hydrogen (secondary N) is 3. The minimum absolute atomic E-state index is 0.0235. The zero-order valence-corrected chi connectivity index (χ0v) is 61.7. The van der Waals surface area contributed by atoms with Gasteiger partial charge in [0.05, 0.1) is 67.9 Å². The fourth-order valence-electron chi connectivity index (χ4n) is 14.1. The Morgan fingerprint density at radius 1 is 0.495 bits per heavy atom. The van der Waals surface area contributed by atoms with Crippen LogP contribution in [0.25, 0.3) is 0 Å². The summed E-state index contributed by atoms with van der Waals surface area (Å²) in [6.07, 6.45) is 5.14. The highest BCUT2D eigenvalue weighted by Crippen LogP contribution is 2.44. The Balaban J connectivity index is 0.000000193. The number of rotatable bonds is 21. The molecule has 4 N–H and O–H groups in total. The number of carbonyl (C=O) groups is 8. The van der Waals surface area contributed by atoms with Gasteiger partial charge in [-0.05, 0) is 150 Å². The van der Waals surface area contributed by atoms with E-state index in [1.54, 1.807) is 52.0 Å². The quantitative estimate of drug-likeness (QED) is 0.0384. The van der Waals surface area contributed by atoms with Gasteiger partial charge in [0, 0.05) is 106 Å². The van der Waals surface area contributed by atoms with Gasteiger partial charge < -0.3 is 54.5 Å². The second kappa shape index (κ2) is 31.9. The van der Waals surface area contributed by atoms with Gasteiger partial charge in [0.1, 0.15) is 42.8 Å². The molecule has 26 heteroatoms. The maximum Gasteiger partial charge on any atom is 0.305 e. The molecule has 0 aromatic heterocycles. The van der Waals surface area contributed by atoms with Crippen molar-refractivity contribution in [3.05, 3.63) is 212 Å². The Morgan fingerprint density at radius 3 is 1.31 bits per heavy atom. The number of aryl methyl sites for hydroxylation is 3. The van der Waals surface area contributed by atoms with Crippen LogP contribution in [-0.2, 0) is 93.3 Å². The summed E-state index contributed by atoms with van der Waals surface area (Å²) >= 11 is 0. The molecule has 14 rings (SSSR count). The van der Waals surface area contributed by atoms with Gasteiger partial charge in [0.25, 0.3) is 27.8 Å². The molecule has 8 aromatic carbocycles. The first-order valence-corrected chi connectivity index (χ1v) is 36.9. The van der Waals surface area contributed by atoms with Crippen molar-refractivity contribution in [2.75, 3.05) is 95.2 Å². The molecule has 6 amide bonds. The average Bonchev–Trinajstić information content (AvgIpc) is 1.62. The van der Waals surface area contributed by atoms with Gasteiger partial charge in [-0.1, -0.05) is 67.6 Å². The van der Waals surface area contributed by atoms with Crippen molar-refractivity contribution < 1.29 is 79.7 Å². The lowest BCUT2D eigenvalue weighted by atomic mass is 10.1. The Labute approximate surface area is 620 Å². The molecule has 107 heavy (non-hydrogen) atoms. The van der Waals surface area contributed by atoms with E-state index in [0.717, 1.165) is 79.9 Å². The zero-order chi connectivity index (χ0) is 76.1. The van der Waals surface area contributed by atoms with Gasteiger partial charge >= 0.3 is 11.9 Å². The molecule has 0 spiro atoms. The lowest BCUT2D eigenvalue weighted by Gasteiger charge is -2.22. The number of para-hydroxylation sites is 3. The Hall–Kier alpha value is -11.8. The lowest BCUT2D eigenvalue weighted by molar-refractivity contribution is -0.141. The Bertz CT molecular complexity index is 4990. The number of methoxy groups -OCH3 is 3. The van der Waals surface area contributed by atoms with E-state index in [2.05, 4.69) is 26.8 Å². The number of esters is 2. The van der Waals surface area contributed by atoms with Gasteiger partial charge in [-0.3, -0.25) is 57.2 Å². The monoisotopic (exact) mass is 1470 g/mol. The molecular weight excluding hydrogens is 1390 g/mol. The van der Waals surface area contributed by atoms with Gasteiger partial charge in [0.2, 0.25) is 17.7 Å². The van der Waals surface area contributed by atoms with E-state index < -0.39 is 28.2 Å². The molecule has 6 heterocycles. The Morgan fingerprint density at radius 2 is 0.879 bits per heavy atom. The average molecular weight is 1470 g/mol. The number of anilines is 8. The van der Waals surface area contributed by atoms with Gasteiger partial charge in [-0.2, -0.15) is 8.42 Å². The molecule has 6 aliphatic rings. The highest BCUT2D eigenvalue weighted by molar-refractivity contribution is 7.85. The number of hydrogen-bond acceptors (Lipinski definition) is 19. The van der Waals surface area contributed by atoms with E-state index in [-0.39, 0.29) is 79.4 Å². The summed E-state index contributed by atoms with van der Waals surface area (Å²) in [7, 11) is 4.65. The highest BCUT2D eigenvalue weighted by Gasteiger charge is 2.45. The van der Waals surface area contributed by atoms with Crippen LogP contribution in [0.3, 0.4) is 0 Å². The number of hydrogen-bond donors (Lipinski definition) is 4. The third kappa shape index (κ3) is 16.4. The van der Waals surface area contributed by atoms with Crippen molar-refractivity contribution in [3.63, 3.8) is 0 Å². The number of phenolic OH excluding ortho intramolecular Hbond substituents is 1. The van der Waals surface area contributed by atoms with Crippen LogP contribution >= 0.6 is 0 Å². The largest absolute Gasteiger partial charge is 0.508 e. The molecule has 3 atom stereocenters. The third-order valence-corrected chi connectivity index (χ3v) is 20.3. The molecule has 8 aromatic rings.